The fourth-order valence-electron chi connectivity index (χ4n) is 3.41. The topological polar surface area (TPSA) is 69.6 Å². The quantitative estimate of drug-likeness (QED) is 0.792. The van der Waals surface area contributed by atoms with Crippen LogP contribution in [0.5, 0.6) is 0 Å². The van der Waals surface area contributed by atoms with E-state index in [1.54, 1.807) is 4.90 Å². The molecule has 0 aromatic carbocycles. The summed E-state index contributed by atoms with van der Waals surface area (Å²) in [6.45, 7) is 2.68. The first-order valence-electron chi connectivity index (χ1n) is 7.75. The van der Waals surface area contributed by atoms with E-state index in [-0.39, 0.29) is 25.0 Å². The molecule has 2 N–H and O–H groups in total. The van der Waals surface area contributed by atoms with E-state index in [4.69, 9.17) is 0 Å². The molecule has 0 spiro atoms. The molecule has 0 aromatic rings. The van der Waals surface area contributed by atoms with Gasteiger partial charge in [-0.1, -0.05) is 19.3 Å². The van der Waals surface area contributed by atoms with Gasteiger partial charge in [0.1, 0.15) is 0 Å². The molecule has 0 bridgehead atoms. The number of nitrogens with one attached hydrogen (secondary N) is 1. The maximum Gasteiger partial charge on any atom is 0.240 e. The van der Waals surface area contributed by atoms with Gasteiger partial charge in [0.05, 0.1) is 18.7 Å². The van der Waals surface area contributed by atoms with E-state index in [1.807, 2.05) is 6.92 Å². The Labute approximate surface area is 120 Å². The van der Waals surface area contributed by atoms with E-state index in [9.17, 15) is 14.7 Å². The average Bonchev–Trinajstić information content (AvgIpc) is 2.85. The zero-order valence-corrected chi connectivity index (χ0v) is 12.4. The van der Waals surface area contributed by atoms with Crippen molar-refractivity contribution in [1.29, 1.82) is 0 Å². The SMILES string of the molecule is C[C@@](CO)(NC(=O)CN1CCCC1=O)C1CCCCC1. The number of hydrogen-bond acceptors (Lipinski definition) is 3. The second-order valence-electron chi connectivity index (χ2n) is 6.38. The van der Waals surface area contributed by atoms with E-state index in [1.165, 1.54) is 19.3 Å². The molecule has 1 atom stereocenters. The molecule has 1 heterocycles. The van der Waals surface area contributed by atoms with E-state index in [0.29, 0.717) is 18.9 Å². The molecule has 2 rings (SSSR count). The molecule has 1 saturated heterocycles. The third kappa shape index (κ3) is 3.51. The monoisotopic (exact) mass is 282 g/mol. The fraction of sp³-hybridized carbons (Fsp3) is 0.867. The van der Waals surface area contributed by atoms with Gasteiger partial charge >= 0.3 is 0 Å². The van der Waals surface area contributed by atoms with Crippen molar-refractivity contribution < 1.29 is 14.7 Å². The lowest BCUT2D eigenvalue weighted by molar-refractivity contribution is -0.134. The average molecular weight is 282 g/mol. The highest BCUT2D eigenvalue weighted by Crippen LogP contribution is 2.32. The fourth-order valence-corrected chi connectivity index (χ4v) is 3.41. The Hall–Kier alpha value is -1.10. The van der Waals surface area contributed by atoms with Crippen molar-refractivity contribution in [2.45, 2.75) is 57.4 Å². The summed E-state index contributed by atoms with van der Waals surface area (Å²) in [5.74, 6) is 0.241. The van der Waals surface area contributed by atoms with Gasteiger partial charge < -0.3 is 15.3 Å². The van der Waals surface area contributed by atoms with Crippen LogP contribution in [0.1, 0.15) is 51.9 Å². The lowest BCUT2D eigenvalue weighted by atomic mass is 9.76. The van der Waals surface area contributed by atoms with Gasteiger partial charge in [0, 0.05) is 13.0 Å². The molecule has 2 fully saturated rings. The highest BCUT2D eigenvalue weighted by atomic mass is 16.3. The number of carbonyl (C=O) groups is 2. The van der Waals surface area contributed by atoms with Crippen LogP contribution in [0.15, 0.2) is 0 Å². The molecule has 1 saturated carbocycles. The molecule has 0 radical (unpaired) electrons. The lowest BCUT2D eigenvalue weighted by Gasteiger charge is -2.39. The first kappa shape index (κ1) is 15.3. The van der Waals surface area contributed by atoms with E-state index in [2.05, 4.69) is 5.32 Å². The normalized spacial score (nSPS) is 23.7. The van der Waals surface area contributed by atoms with Gasteiger partial charge in [0.25, 0.3) is 0 Å². The Morgan fingerprint density at radius 3 is 2.60 bits per heavy atom. The van der Waals surface area contributed by atoms with Gasteiger partial charge in [-0.25, -0.2) is 0 Å². The molecule has 1 aliphatic carbocycles. The highest BCUT2D eigenvalue weighted by Gasteiger charge is 2.36. The Kier molecular flexibility index (Phi) is 5.02. The van der Waals surface area contributed by atoms with Crippen LogP contribution in [-0.2, 0) is 9.59 Å². The first-order chi connectivity index (χ1) is 9.55. The van der Waals surface area contributed by atoms with Gasteiger partial charge in [0.15, 0.2) is 0 Å². The number of amides is 2. The summed E-state index contributed by atoms with van der Waals surface area (Å²) >= 11 is 0. The molecule has 20 heavy (non-hydrogen) atoms. The van der Waals surface area contributed by atoms with Crippen LogP contribution >= 0.6 is 0 Å². The van der Waals surface area contributed by atoms with Gasteiger partial charge in [0.2, 0.25) is 11.8 Å². The Morgan fingerprint density at radius 2 is 2.05 bits per heavy atom. The number of likely N-dealkylation sites (tertiary alicyclic amines) is 1. The molecular weight excluding hydrogens is 256 g/mol. The maximum absolute atomic E-state index is 12.1. The van der Waals surface area contributed by atoms with Crippen molar-refractivity contribution in [2.75, 3.05) is 19.7 Å². The minimum absolute atomic E-state index is 0.0443. The van der Waals surface area contributed by atoms with Crippen LogP contribution < -0.4 is 5.32 Å². The molecule has 2 amide bonds. The summed E-state index contributed by atoms with van der Waals surface area (Å²) in [6.07, 6.45) is 7.08. The summed E-state index contributed by atoms with van der Waals surface area (Å²) in [7, 11) is 0. The predicted octanol–water partition coefficient (Wildman–Crippen LogP) is 1.06. The molecule has 5 heteroatoms. The number of aliphatic hydroxyl groups excluding tert-OH is 1. The van der Waals surface area contributed by atoms with Crippen molar-refractivity contribution in [3.8, 4) is 0 Å². The summed E-state index contributed by atoms with van der Waals surface area (Å²) in [5, 5.41) is 12.7. The van der Waals surface area contributed by atoms with Gasteiger partial charge in [-0.3, -0.25) is 9.59 Å². The second-order valence-corrected chi connectivity index (χ2v) is 6.38. The molecular formula is C15H26N2O3. The third-order valence-corrected chi connectivity index (χ3v) is 4.77. The highest BCUT2D eigenvalue weighted by molar-refractivity contribution is 5.86. The van der Waals surface area contributed by atoms with Gasteiger partial charge in [-0.05, 0) is 32.1 Å². The van der Waals surface area contributed by atoms with Crippen molar-refractivity contribution in [3.05, 3.63) is 0 Å². The number of hydrogen-bond donors (Lipinski definition) is 2. The number of aliphatic hydroxyl groups is 1. The van der Waals surface area contributed by atoms with Gasteiger partial charge in [-0.15, -0.1) is 0 Å². The second kappa shape index (κ2) is 6.57. The number of nitrogens with zero attached hydrogens (tertiary/aromatic N) is 1. The van der Waals surface area contributed by atoms with Crippen LogP contribution in [-0.4, -0.2) is 47.1 Å². The summed E-state index contributed by atoms with van der Waals surface area (Å²) < 4.78 is 0. The minimum Gasteiger partial charge on any atom is -0.394 e. The van der Waals surface area contributed by atoms with E-state index >= 15 is 0 Å². The molecule has 0 unspecified atom stereocenters. The Morgan fingerprint density at radius 1 is 1.35 bits per heavy atom. The predicted molar refractivity (Wildman–Crippen MR) is 76.0 cm³/mol. The lowest BCUT2D eigenvalue weighted by Crippen LogP contribution is -2.56. The van der Waals surface area contributed by atoms with E-state index < -0.39 is 5.54 Å². The minimum atomic E-state index is -0.555. The molecule has 0 aromatic heterocycles. The Balaban J connectivity index is 1.90. The van der Waals surface area contributed by atoms with Crippen LogP contribution in [0.4, 0.5) is 0 Å². The molecule has 2 aliphatic rings. The Bertz CT molecular complexity index is 366. The van der Waals surface area contributed by atoms with Crippen molar-refractivity contribution >= 4 is 11.8 Å². The summed E-state index contributed by atoms with van der Waals surface area (Å²) in [5.41, 5.74) is -0.555. The maximum atomic E-state index is 12.1. The van der Waals surface area contributed by atoms with Crippen molar-refractivity contribution in [1.82, 2.24) is 10.2 Å². The van der Waals surface area contributed by atoms with Crippen molar-refractivity contribution in [2.24, 2.45) is 5.92 Å². The molecule has 5 nitrogen and oxygen atoms in total. The zero-order valence-electron chi connectivity index (χ0n) is 12.4. The van der Waals surface area contributed by atoms with Crippen molar-refractivity contribution in [3.63, 3.8) is 0 Å². The zero-order chi connectivity index (χ0) is 14.6. The van der Waals surface area contributed by atoms with Gasteiger partial charge in [-0.2, -0.15) is 0 Å². The van der Waals surface area contributed by atoms with Crippen LogP contribution in [0, 0.1) is 5.92 Å². The summed E-state index contributed by atoms with van der Waals surface area (Å²) in [4.78, 5) is 25.3. The largest absolute Gasteiger partial charge is 0.394 e. The number of rotatable bonds is 5. The van der Waals surface area contributed by atoms with Crippen LogP contribution in [0.3, 0.4) is 0 Å². The standard InChI is InChI=1S/C15H26N2O3/c1-15(11-18,12-6-3-2-4-7-12)16-13(19)10-17-9-5-8-14(17)20/h12,18H,2-11H2,1H3,(H,16,19)/t15-/m0/s1. The first-order valence-corrected chi connectivity index (χ1v) is 7.75. The van der Waals surface area contributed by atoms with E-state index in [0.717, 1.165) is 19.3 Å². The molecule has 114 valence electrons. The van der Waals surface area contributed by atoms with Crippen LogP contribution in [0.2, 0.25) is 0 Å². The summed E-state index contributed by atoms with van der Waals surface area (Å²) in [6, 6.07) is 0. The van der Waals surface area contributed by atoms with Crippen LogP contribution in [0.25, 0.3) is 0 Å². The molecule has 1 aliphatic heterocycles. The smallest absolute Gasteiger partial charge is 0.240 e. The third-order valence-electron chi connectivity index (χ3n) is 4.77. The number of carbonyl (C=O) groups excluding carboxylic acids is 2.